The summed E-state index contributed by atoms with van der Waals surface area (Å²) in [7, 11) is 3.03. The Morgan fingerprint density at radius 2 is 2.06 bits per heavy atom. The highest BCUT2D eigenvalue weighted by Gasteiger charge is 2.07. The van der Waals surface area contributed by atoms with Crippen molar-refractivity contribution in [3.8, 4) is 5.75 Å². The second-order valence-corrected chi connectivity index (χ2v) is 3.13. The number of hydrogen-bond donors (Lipinski definition) is 2. The fourth-order valence-corrected chi connectivity index (χ4v) is 1.14. The van der Waals surface area contributed by atoms with Gasteiger partial charge in [0.25, 0.3) is 0 Å². The minimum absolute atomic E-state index is 0.187. The first-order valence-corrected chi connectivity index (χ1v) is 4.80. The lowest BCUT2D eigenvalue weighted by Gasteiger charge is -2.06. The number of benzene rings is 1. The van der Waals surface area contributed by atoms with Crippen molar-refractivity contribution in [2.24, 2.45) is 0 Å². The first kappa shape index (κ1) is 12.0. The summed E-state index contributed by atoms with van der Waals surface area (Å²) in [6.07, 6.45) is -0.187. The number of amides is 2. The maximum Gasteiger partial charge on any atom is 0.233 e. The molecule has 1 aromatic carbocycles. The molecule has 0 heterocycles. The Labute approximate surface area is 93.8 Å². The lowest BCUT2D eigenvalue weighted by Crippen LogP contribution is -2.24. The summed E-state index contributed by atoms with van der Waals surface area (Å²) in [5, 5.41) is 4.98. The largest absolute Gasteiger partial charge is 0.497 e. The molecule has 16 heavy (non-hydrogen) atoms. The molecule has 0 aliphatic rings. The van der Waals surface area contributed by atoms with Gasteiger partial charge in [0.2, 0.25) is 11.8 Å². The first-order valence-electron chi connectivity index (χ1n) is 4.80. The van der Waals surface area contributed by atoms with Crippen LogP contribution in [0.15, 0.2) is 24.3 Å². The highest BCUT2D eigenvalue weighted by atomic mass is 16.5. The van der Waals surface area contributed by atoms with E-state index in [9.17, 15) is 9.59 Å². The fourth-order valence-electron chi connectivity index (χ4n) is 1.14. The molecule has 0 unspecified atom stereocenters. The summed E-state index contributed by atoms with van der Waals surface area (Å²) in [5.74, 6) is -0.0225. The zero-order valence-corrected chi connectivity index (χ0v) is 9.24. The molecule has 0 fully saturated rings. The average Bonchev–Trinajstić information content (AvgIpc) is 2.28. The molecule has 0 radical (unpaired) electrons. The molecule has 1 aromatic rings. The number of carbonyl (C=O) groups is 2. The Morgan fingerprint density at radius 3 is 2.69 bits per heavy atom. The number of hydrogen-bond acceptors (Lipinski definition) is 3. The van der Waals surface area contributed by atoms with Gasteiger partial charge in [-0.25, -0.2) is 0 Å². The summed E-state index contributed by atoms with van der Waals surface area (Å²) in [6.45, 7) is 0. The molecule has 0 saturated heterocycles. The van der Waals surface area contributed by atoms with Gasteiger partial charge in [0.05, 0.1) is 7.11 Å². The number of rotatable bonds is 4. The van der Waals surface area contributed by atoms with Gasteiger partial charge in [0.1, 0.15) is 12.2 Å². The number of nitrogens with one attached hydrogen (secondary N) is 2. The lowest BCUT2D eigenvalue weighted by atomic mass is 10.3. The van der Waals surface area contributed by atoms with Crippen LogP contribution in [0.5, 0.6) is 5.75 Å². The molecule has 0 spiro atoms. The number of ether oxygens (including phenoxy) is 1. The molecule has 2 amide bonds. The third-order valence-electron chi connectivity index (χ3n) is 1.95. The predicted molar refractivity (Wildman–Crippen MR) is 60.3 cm³/mol. The van der Waals surface area contributed by atoms with Crippen molar-refractivity contribution in [2.75, 3.05) is 19.5 Å². The van der Waals surface area contributed by atoms with Crippen molar-refractivity contribution >= 4 is 17.5 Å². The molecule has 5 heteroatoms. The molecule has 0 atom stereocenters. The van der Waals surface area contributed by atoms with E-state index in [1.807, 2.05) is 0 Å². The second kappa shape index (κ2) is 5.75. The van der Waals surface area contributed by atoms with Crippen molar-refractivity contribution in [3.05, 3.63) is 24.3 Å². The molecule has 0 aliphatic heterocycles. The minimum Gasteiger partial charge on any atom is -0.497 e. The molecule has 86 valence electrons. The van der Waals surface area contributed by atoms with E-state index in [1.54, 1.807) is 31.4 Å². The van der Waals surface area contributed by atoms with Crippen LogP contribution in [0.2, 0.25) is 0 Å². The summed E-state index contributed by atoms with van der Waals surface area (Å²) in [5.41, 5.74) is 0.605. The Kier molecular flexibility index (Phi) is 4.32. The summed E-state index contributed by atoms with van der Waals surface area (Å²) in [4.78, 5) is 22.3. The maximum absolute atomic E-state index is 11.4. The van der Waals surface area contributed by atoms with E-state index in [0.717, 1.165) is 0 Å². The highest BCUT2D eigenvalue weighted by molar-refractivity contribution is 6.03. The van der Waals surface area contributed by atoms with Gasteiger partial charge in [0, 0.05) is 18.8 Å². The van der Waals surface area contributed by atoms with Crippen LogP contribution in [0, 0.1) is 0 Å². The van der Waals surface area contributed by atoms with E-state index in [1.165, 1.54) is 7.05 Å². The number of anilines is 1. The van der Waals surface area contributed by atoms with Gasteiger partial charge in [-0.1, -0.05) is 6.07 Å². The van der Waals surface area contributed by atoms with Crippen molar-refractivity contribution in [1.29, 1.82) is 0 Å². The van der Waals surface area contributed by atoms with Crippen molar-refractivity contribution in [3.63, 3.8) is 0 Å². The standard InChI is InChI=1S/C11H14N2O3/c1-12-10(14)7-11(15)13-8-4-3-5-9(6-8)16-2/h3-6H,7H2,1-2H3,(H,12,14)(H,13,15). The van der Waals surface area contributed by atoms with E-state index >= 15 is 0 Å². The van der Waals surface area contributed by atoms with Crippen LogP contribution in [-0.2, 0) is 9.59 Å². The summed E-state index contributed by atoms with van der Waals surface area (Å²) in [6, 6.07) is 6.94. The molecule has 0 bridgehead atoms. The van der Waals surface area contributed by atoms with Crippen LogP contribution in [0.1, 0.15) is 6.42 Å². The summed E-state index contributed by atoms with van der Waals surface area (Å²) >= 11 is 0. The molecular weight excluding hydrogens is 208 g/mol. The molecule has 0 aliphatic carbocycles. The quantitative estimate of drug-likeness (QED) is 0.739. The van der Waals surface area contributed by atoms with E-state index in [0.29, 0.717) is 11.4 Å². The van der Waals surface area contributed by atoms with Gasteiger partial charge in [-0.3, -0.25) is 9.59 Å². The van der Waals surface area contributed by atoms with Crippen LogP contribution < -0.4 is 15.4 Å². The van der Waals surface area contributed by atoms with Gasteiger partial charge >= 0.3 is 0 Å². The third kappa shape index (κ3) is 3.61. The third-order valence-corrected chi connectivity index (χ3v) is 1.95. The van der Waals surface area contributed by atoms with Gasteiger partial charge in [-0.2, -0.15) is 0 Å². The van der Waals surface area contributed by atoms with Crippen LogP contribution in [-0.4, -0.2) is 26.0 Å². The van der Waals surface area contributed by atoms with Crippen LogP contribution in [0.3, 0.4) is 0 Å². The van der Waals surface area contributed by atoms with Crippen LogP contribution in [0.4, 0.5) is 5.69 Å². The monoisotopic (exact) mass is 222 g/mol. The Hall–Kier alpha value is -2.04. The van der Waals surface area contributed by atoms with E-state index < -0.39 is 0 Å². The van der Waals surface area contributed by atoms with Crippen LogP contribution >= 0.6 is 0 Å². The molecular formula is C11H14N2O3. The second-order valence-electron chi connectivity index (χ2n) is 3.13. The van der Waals surface area contributed by atoms with Gasteiger partial charge < -0.3 is 15.4 Å². The van der Waals surface area contributed by atoms with Crippen molar-refractivity contribution in [2.45, 2.75) is 6.42 Å². The predicted octanol–water partition coefficient (Wildman–Crippen LogP) is 0.770. The van der Waals surface area contributed by atoms with Gasteiger partial charge in [-0.05, 0) is 12.1 Å². The minimum atomic E-state index is -0.354. The zero-order chi connectivity index (χ0) is 12.0. The Balaban J connectivity index is 2.59. The van der Waals surface area contributed by atoms with Gasteiger partial charge in [-0.15, -0.1) is 0 Å². The molecule has 2 N–H and O–H groups in total. The molecule has 1 rings (SSSR count). The Morgan fingerprint density at radius 1 is 1.31 bits per heavy atom. The maximum atomic E-state index is 11.4. The molecule has 0 saturated carbocycles. The van der Waals surface area contributed by atoms with Crippen LogP contribution in [0.25, 0.3) is 0 Å². The van der Waals surface area contributed by atoms with E-state index in [2.05, 4.69) is 10.6 Å². The van der Waals surface area contributed by atoms with Gasteiger partial charge in [0.15, 0.2) is 0 Å². The molecule has 0 aromatic heterocycles. The van der Waals surface area contributed by atoms with E-state index in [-0.39, 0.29) is 18.2 Å². The highest BCUT2D eigenvalue weighted by Crippen LogP contribution is 2.16. The first-order chi connectivity index (χ1) is 7.65. The topological polar surface area (TPSA) is 67.4 Å². The average molecular weight is 222 g/mol. The lowest BCUT2D eigenvalue weighted by molar-refractivity contribution is -0.126. The number of methoxy groups -OCH3 is 1. The smallest absolute Gasteiger partial charge is 0.233 e. The Bertz CT molecular complexity index is 391. The van der Waals surface area contributed by atoms with E-state index in [4.69, 9.17) is 4.74 Å². The molecule has 5 nitrogen and oxygen atoms in total. The van der Waals surface area contributed by atoms with Crippen molar-refractivity contribution in [1.82, 2.24) is 5.32 Å². The summed E-state index contributed by atoms with van der Waals surface area (Å²) < 4.78 is 5.01. The normalized spacial score (nSPS) is 9.38. The number of carbonyl (C=O) groups excluding carboxylic acids is 2. The fraction of sp³-hybridized carbons (Fsp3) is 0.273. The zero-order valence-electron chi connectivity index (χ0n) is 9.24. The van der Waals surface area contributed by atoms with Crippen molar-refractivity contribution < 1.29 is 14.3 Å². The SMILES string of the molecule is CNC(=O)CC(=O)Nc1cccc(OC)c1.